The molecule has 5 heteroatoms. The van der Waals surface area contributed by atoms with Crippen LogP contribution in [0.2, 0.25) is 0 Å². The first-order valence-electron chi connectivity index (χ1n) is 10.7. The zero-order chi connectivity index (χ0) is 21.1. The smallest absolute Gasteiger partial charge is 0.254 e. The van der Waals surface area contributed by atoms with E-state index in [0.717, 1.165) is 64.8 Å². The molecule has 2 heterocycles. The standard InChI is InChI=1S/C25H29N3O2/c1-17-13-21(16-29)22-8-4-6-20(24(22)27-17)14-19-5-2-3-7-23(19)25(30)28-11-9-18(15-26)10-12-28/h2-8,13,18,29H,9-12,14-16,26H2,1H3. The second kappa shape index (κ2) is 8.94. The molecule has 0 aliphatic carbocycles. The van der Waals surface area contributed by atoms with E-state index in [1.165, 1.54) is 0 Å². The molecule has 0 unspecified atom stereocenters. The Balaban J connectivity index is 1.66. The van der Waals surface area contributed by atoms with Crippen molar-refractivity contribution in [3.05, 3.63) is 76.5 Å². The van der Waals surface area contributed by atoms with Gasteiger partial charge in [0.05, 0.1) is 12.1 Å². The summed E-state index contributed by atoms with van der Waals surface area (Å²) in [6, 6.07) is 15.8. The maximum absolute atomic E-state index is 13.3. The van der Waals surface area contributed by atoms with Crippen molar-refractivity contribution in [1.82, 2.24) is 9.88 Å². The van der Waals surface area contributed by atoms with Gasteiger partial charge in [-0.2, -0.15) is 0 Å². The maximum Gasteiger partial charge on any atom is 0.254 e. The van der Waals surface area contributed by atoms with E-state index < -0.39 is 0 Å². The molecule has 0 bridgehead atoms. The number of hydrogen-bond acceptors (Lipinski definition) is 4. The van der Waals surface area contributed by atoms with E-state index in [4.69, 9.17) is 10.7 Å². The highest BCUT2D eigenvalue weighted by molar-refractivity contribution is 5.96. The first-order chi connectivity index (χ1) is 14.6. The van der Waals surface area contributed by atoms with Gasteiger partial charge >= 0.3 is 0 Å². The summed E-state index contributed by atoms with van der Waals surface area (Å²) in [7, 11) is 0. The van der Waals surface area contributed by atoms with Crippen LogP contribution in [0.25, 0.3) is 10.9 Å². The SMILES string of the molecule is Cc1cc(CO)c2cccc(Cc3ccccc3C(=O)N3CCC(CN)CC3)c2n1. The molecule has 1 amide bonds. The van der Waals surface area contributed by atoms with Crippen LogP contribution in [0.3, 0.4) is 0 Å². The van der Waals surface area contributed by atoms with Gasteiger partial charge in [0.1, 0.15) is 0 Å². The minimum atomic E-state index is -0.0167. The number of piperidine rings is 1. The summed E-state index contributed by atoms with van der Waals surface area (Å²) in [6.45, 7) is 4.16. The van der Waals surface area contributed by atoms with E-state index >= 15 is 0 Å². The van der Waals surface area contributed by atoms with Gasteiger partial charge in [0, 0.05) is 36.2 Å². The number of carbonyl (C=O) groups excluding carboxylic acids is 1. The minimum absolute atomic E-state index is 0.0167. The maximum atomic E-state index is 13.3. The average Bonchev–Trinajstić information content (AvgIpc) is 2.79. The van der Waals surface area contributed by atoms with Crippen LogP contribution in [0.5, 0.6) is 0 Å². The Hall–Kier alpha value is -2.76. The number of aliphatic hydroxyl groups excluding tert-OH is 1. The summed E-state index contributed by atoms with van der Waals surface area (Å²) in [5.41, 5.74) is 11.3. The molecule has 0 saturated carbocycles. The number of para-hydroxylation sites is 1. The molecule has 30 heavy (non-hydrogen) atoms. The summed E-state index contributed by atoms with van der Waals surface area (Å²) in [5.74, 6) is 0.622. The van der Waals surface area contributed by atoms with E-state index in [2.05, 4.69) is 6.07 Å². The van der Waals surface area contributed by atoms with Gasteiger partial charge < -0.3 is 15.7 Å². The van der Waals surface area contributed by atoms with Gasteiger partial charge in [-0.3, -0.25) is 9.78 Å². The number of rotatable bonds is 5. The van der Waals surface area contributed by atoms with Crippen LogP contribution in [0.1, 0.15) is 45.6 Å². The number of amides is 1. The van der Waals surface area contributed by atoms with Gasteiger partial charge in [-0.15, -0.1) is 0 Å². The number of benzene rings is 2. The molecule has 1 saturated heterocycles. The van der Waals surface area contributed by atoms with Crippen LogP contribution >= 0.6 is 0 Å². The van der Waals surface area contributed by atoms with Crippen molar-refractivity contribution < 1.29 is 9.90 Å². The van der Waals surface area contributed by atoms with E-state index in [-0.39, 0.29) is 12.5 Å². The third kappa shape index (κ3) is 4.09. The number of nitrogens with zero attached hydrogens (tertiary/aromatic N) is 2. The molecule has 0 atom stereocenters. The third-order valence-electron chi connectivity index (χ3n) is 6.17. The number of fused-ring (bicyclic) bond motifs is 1. The molecule has 1 fully saturated rings. The Kier molecular flexibility index (Phi) is 6.11. The second-order valence-corrected chi connectivity index (χ2v) is 8.20. The Morgan fingerprint density at radius 1 is 1.10 bits per heavy atom. The number of aryl methyl sites for hydroxylation is 1. The number of pyridine rings is 1. The summed E-state index contributed by atoms with van der Waals surface area (Å²) in [4.78, 5) is 20.0. The fourth-order valence-corrected chi connectivity index (χ4v) is 4.42. The summed E-state index contributed by atoms with van der Waals surface area (Å²) >= 11 is 0. The number of aromatic nitrogens is 1. The van der Waals surface area contributed by atoms with E-state index in [0.29, 0.717) is 18.9 Å². The molecule has 3 N–H and O–H groups in total. The fourth-order valence-electron chi connectivity index (χ4n) is 4.42. The molecule has 1 aromatic heterocycles. The normalized spacial score (nSPS) is 15.0. The fraction of sp³-hybridized carbons (Fsp3) is 0.360. The lowest BCUT2D eigenvalue weighted by Gasteiger charge is -2.32. The molecule has 1 aliphatic heterocycles. The number of hydrogen-bond donors (Lipinski definition) is 2. The van der Waals surface area contributed by atoms with Crippen LogP contribution in [0.4, 0.5) is 0 Å². The monoisotopic (exact) mass is 403 g/mol. The average molecular weight is 404 g/mol. The van der Waals surface area contributed by atoms with Crippen LogP contribution in [-0.2, 0) is 13.0 Å². The molecular weight excluding hydrogens is 374 g/mol. The lowest BCUT2D eigenvalue weighted by atomic mass is 9.94. The summed E-state index contributed by atoms with van der Waals surface area (Å²) < 4.78 is 0. The molecule has 4 rings (SSSR count). The van der Waals surface area contributed by atoms with E-state index in [1.54, 1.807) is 0 Å². The van der Waals surface area contributed by atoms with Gasteiger partial charge in [-0.05, 0) is 61.1 Å². The number of aliphatic hydroxyl groups is 1. The Morgan fingerprint density at radius 3 is 2.57 bits per heavy atom. The molecule has 156 valence electrons. The van der Waals surface area contributed by atoms with Gasteiger partial charge in [-0.25, -0.2) is 0 Å². The van der Waals surface area contributed by atoms with Crippen molar-refractivity contribution in [2.45, 2.75) is 32.8 Å². The van der Waals surface area contributed by atoms with Crippen LogP contribution in [-0.4, -0.2) is 40.5 Å². The predicted octanol–water partition coefficient (Wildman–Crippen LogP) is 3.44. The highest BCUT2D eigenvalue weighted by Crippen LogP contribution is 2.26. The third-order valence-corrected chi connectivity index (χ3v) is 6.17. The van der Waals surface area contributed by atoms with Crippen molar-refractivity contribution >= 4 is 16.8 Å². The highest BCUT2D eigenvalue weighted by Gasteiger charge is 2.24. The lowest BCUT2D eigenvalue weighted by Crippen LogP contribution is -2.40. The predicted molar refractivity (Wildman–Crippen MR) is 119 cm³/mol. The molecule has 3 aromatic rings. The van der Waals surface area contributed by atoms with Crippen LogP contribution in [0, 0.1) is 12.8 Å². The van der Waals surface area contributed by atoms with Gasteiger partial charge in [0.2, 0.25) is 0 Å². The van der Waals surface area contributed by atoms with Crippen molar-refractivity contribution in [2.24, 2.45) is 11.7 Å². The molecular formula is C25H29N3O2. The van der Waals surface area contributed by atoms with Crippen molar-refractivity contribution in [1.29, 1.82) is 0 Å². The second-order valence-electron chi connectivity index (χ2n) is 8.20. The minimum Gasteiger partial charge on any atom is -0.392 e. The first kappa shape index (κ1) is 20.5. The van der Waals surface area contributed by atoms with Gasteiger partial charge in [-0.1, -0.05) is 36.4 Å². The van der Waals surface area contributed by atoms with Crippen molar-refractivity contribution in [2.75, 3.05) is 19.6 Å². The Labute approximate surface area is 177 Å². The topological polar surface area (TPSA) is 79.5 Å². The summed E-state index contributed by atoms with van der Waals surface area (Å²) in [6.07, 6.45) is 2.57. The van der Waals surface area contributed by atoms with Crippen LogP contribution < -0.4 is 5.73 Å². The largest absolute Gasteiger partial charge is 0.392 e. The van der Waals surface area contributed by atoms with Crippen molar-refractivity contribution in [3.63, 3.8) is 0 Å². The van der Waals surface area contributed by atoms with Gasteiger partial charge in [0.15, 0.2) is 0 Å². The molecule has 2 aromatic carbocycles. The van der Waals surface area contributed by atoms with E-state index in [1.807, 2.05) is 54.3 Å². The molecule has 0 radical (unpaired) electrons. The van der Waals surface area contributed by atoms with E-state index in [9.17, 15) is 9.90 Å². The highest BCUT2D eigenvalue weighted by atomic mass is 16.3. The molecule has 5 nitrogen and oxygen atoms in total. The summed E-state index contributed by atoms with van der Waals surface area (Å²) in [5, 5.41) is 10.7. The zero-order valence-corrected chi connectivity index (χ0v) is 17.5. The molecule has 0 spiro atoms. The van der Waals surface area contributed by atoms with Crippen LogP contribution in [0.15, 0.2) is 48.5 Å². The first-order valence-corrected chi connectivity index (χ1v) is 10.7. The zero-order valence-electron chi connectivity index (χ0n) is 17.5. The Bertz CT molecular complexity index is 1060. The van der Waals surface area contributed by atoms with Crippen molar-refractivity contribution in [3.8, 4) is 0 Å². The number of carbonyl (C=O) groups is 1. The molecule has 1 aliphatic rings. The number of nitrogens with two attached hydrogens (primary N) is 1. The Morgan fingerprint density at radius 2 is 1.83 bits per heavy atom. The van der Waals surface area contributed by atoms with Gasteiger partial charge in [0.25, 0.3) is 5.91 Å². The lowest BCUT2D eigenvalue weighted by molar-refractivity contribution is 0.0692. The quantitative estimate of drug-likeness (QED) is 0.684. The number of likely N-dealkylation sites (tertiary alicyclic amines) is 1.